The molecule has 2 heterocycles. The predicted molar refractivity (Wildman–Crippen MR) is 108 cm³/mol. The number of fused-ring (bicyclic) bond motifs is 2. The lowest BCUT2D eigenvalue weighted by Gasteiger charge is -2.19. The second-order valence-electron chi connectivity index (χ2n) is 5.92. The third-order valence-electron chi connectivity index (χ3n) is 4.54. The summed E-state index contributed by atoms with van der Waals surface area (Å²) >= 11 is 1.54. The SMILES string of the molecule is CCN(CC)CCNc1ccc(CN)c2sc3ncccc3c(=O)c12. The van der Waals surface area contributed by atoms with Crippen LogP contribution in [-0.2, 0) is 6.54 Å². The molecule has 0 fully saturated rings. The van der Waals surface area contributed by atoms with Crippen LogP contribution in [0.25, 0.3) is 20.3 Å². The molecule has 0 saturated carbocycles. The van der Waals surface area contributed by atoms with Crippen molar-refractivity contribution in [3.8, 4) is 0 Å². The Morgan fingerprint density at radius 1 is 1.24 bits per heavy atom. The van der Waals surface area contributed by atoms with Gasteiger partial charge in [0.25, 0.3) is 0 Å². The molecule has 3 aromatic rings. The zero-order valence-corrected chi connectivity index (χ0v) is 15.5. The first kappa shape index (κ1) is 17.8. The van der Waals surface area contributed by atoms with Crippen LogP contribution in [0.1, 0.15) is 19.4 Å². The van der Waals surface area contributed by atoms with Gasteiger partial charge in [-0.05, 0) is 36.9 Å². The number of nitrogens with zero attached hydrogens (tertiary/aromatic N) is 2. The average Bonchev–Trinajstić information content (AvgIpc) is 2.65. The van der Waals surface area contributed by atoms with Gasteiger partial charge in [0.15, 0.2) is 5.43 Å². The maximum Gasteiger partial charge on any atom is 0.199 e. The number of rotatable bonds is 7. The topological polar surface area (TPSA) is 71.2 Å². The van der Waals surface area contributed by atoms with Gasteiger partial charge >= 0.3 is 0 Å². The van der Waals surface area contributed by atoms with Crippen molar-refractivity contribution in [2.24, 2.45) is 5.73 Å². The van der Waals surface area contributed by atoms with Crippen LogP contribution < -0.4 is 16.5 Å². The summed E-state index contributed by atoms with van der Waals surface area (Å²) in [5, 5.41) is 4.84. The molecule has 6 heteroatoms. The van der Waals surface area contributed by atoms with E-state index in [1.807, 2.05) is 24.3 Å². The number of nitrogens with one attached hydrogen (secondary N) is 1. The normalized spacial score (nSPS) is 11.5. The molecule has 5 nitrogen and oxygen atoms in total. The molecule has 3 rings (SSSR count). The van der Waals surface area contributed by atoms with Crippen molar-refractivity contribution in [2.45, 2.75) is 20.4 Å². The van der Waals surface area contributed by atoms with Crippen LogP contribution in [0, 0.1) is 0 Å². The number of pyridine rings is 1. The minimum absolute atomic E-state index is 0.0255. The van der Waals surface area contributed by atoms with Crippen molar-refractivity contribution < 1.29 is 0 Å². The average molecular weight is 356 g/mol. The van der Waals surface area contributed by atoms with Crippen molar-refractivity contribution in [3.63, 3.8) is 0 Å². The van der Waals surface area contributed by atoms with E-state index in [4.69, 9.17) is 5.73 Å². The second kappa shape index (κ2) is 7.91. The Morgan fingerprint density at radius 2 is 2.04 bits per heavy atom. The number of nitrogens with two attached hydrogens (primary N) is 1. The van der Waals surface area contributed by atoms with Crippen molar-refractivity contribution in [1.82, 2.24) is 9.88 Å². The van der Waals surface area contributed by atoms with E-state index in [2.05, 4.69) is 29.0 Å². The van der Waals surface area contributed by atoms with Crippen LogP contribution in [0.15, 0.2) is 35.3 Å². The fourth-order valence-electron chi connectivity index (χ4n) is 3.04. The molecular weight excluding hydrogens is 332 g/mol. The van der Waals surface area contributed by atoms with Gasteiger partial charge < -0.3 is 16.0 Å². The molecular formula is C19H24N4OS. The monoisotopic (exact) mass is 356 g/mol. The first-order valence-corrected chi connectivity index (χ1v) is 9.50. The van der Waals surface area contributed by atoms with Crippen LogP contribution in [0.3, 0.4) is 0 Å². The summed E-state index contributed by atoms with van der Waals surface area (Å²) < 4.78 is 0.937. The Labute approximate surface area is 151 Å². The maximum absolute atomic E-state index is 13.1. The molecule has 0 aliphatic heterocycles. The fraction of sp³-hybridized carbons (Fsp3) is 0.368. The summed E-state index contributed by atoms with van der Waals surface area (Å²) in [6.45, 7) is 8.52. The molecule has 2 aromatic heterocycles. The lowest BCUT2D eigenvalue weighted by Crippen LogP contribution is -2.28. The molecule has 132 valence electrons. The van der Waals surface area contributed by atoms with Gasteiger partial charge in [-0.25, -0.2) is 4.98 Å². The minimum atomic E-state index is 0.0255. The lowest BCUT2D eigenvalue weighted by atomic mass is 10.1. The molecule has 0 aliphatic carbocycles. The maximum atomic E-state index is 13.1. The summed E-state index contributed by atoms with van der Waals surface area (Å²) in [5.41, 5.74) is 7.78. The highest BCUT2D eigenvalue weighted by Gasteiger charge is 2.13. The van der Waals surface area contributed by atoms with Crippen LogP contribution >= 0.6 is 11.3 Å². The molecule has 3 N–H and O–H groups in total. The van der Waals surface area contributed by atoms with E-state index >= 15 is 0 Å². The van der Waals surface area contributed by atoms with E-state index < -0.39 is 0 Å². The number of anilines is 1. The summed E-state index contributed by atoms with van der Waals surface area (Å²) in [4.78, 5) is 20.5. The largest absolute Gasteiger partial charge is 0.383 e. The Bertz CT molecular complexity index is 934. The van der Waals surface area contributed by atoms with E-state index in [0.29, 0.717) is 11.9 Å². The Hall–Kier alpha value is -2.02. The van der Waals surface area contributed by atoms with Gasteiger partial charge in [0.1, 0.15) is 4.83 Å². The molecule has 0 unspecified atom stereocenters. The van der Waals surface area contributed by atoms with Crippen molar-refractivity contribution in [1.29, 1.82) is 0 Å². The molecule has 0 saturated heterocycles. The summed E-state index contributed by atoms with van der Waals surface area (Å²) in [6, 6.07) is 7.63. The Balaban J connectivity index is 2.07. The smallest absolute Gasteiger partial charge is 0.199 e. The van der Waals surface area contributed by atoms with Gasteiger partial charge in [0, 0.05) is 36.2 Å². The number of likely N-dealkylation sites (N-methyl/N-ethyl adjacent to an activating group) is 1. The van der Waals surface area contributed by atoms with Gasteiger partial charge in [0.05, 0.1) is 10.8 Å². The van der Waals surface area contributed by atoms with Gasteiger partial charge in [0.2, 0.25) is 0 Å². The number of benzene rings is 1. The van der Waals surface area contributed by atoms with Gasteiger partial charge in [-0.15, -0.1) is 11.3 Å². The summed E-state index contributed by atoms with van der Waals surface area (Å²) in [5.74, 6) is 0. The highest BCUT2D eigenvalue weighted by molar-refractivity contribution is 7.24. The van der Waals surface area contributed by atoms with E-state index in [9.17, 15) is 4.79 Å². The first-order chi connectivity index (χ1) is 12.2. The van der Waals surface area contributed by atoms with Crippen molar-refractivity contribution >= 4 is 37.3 Å². The zero-order valence-electron chi connectivity index (χ0n) is 14.7. The highest BCUT2D eigenvalue weighted by Crippen LogP contribution is 2.30. The highest BCUT2D eigenvalue weighted by atomic mass is 32.1. The molecule has 1 aromatic carbocycles. The van der Waals surface area contributed by atoms with E-state index in [0.717, 1.165) is 52.3 Å². The fourth-order valence-corrected chi connectivity index (χ4v) is 4.21. The third kappa shape index (κ3) is 3.51. The number of aromatic nitrogens is 1. The second-order valence-corrected chi connectivity index (χ2v) is 6.92. The van der Waals surface area contributed by atoms with E-state index in [1.165, 1.54) is 11.3 Å². The lowest BCUT2D eigenvalue weighted by molar-refractivity contribution is 0.316. The van der Waals surface area contributed by atoms with Crippen LogP contribution in [0.2, 0.25) is 0 Å². The molecule has 0 amide bonds. The van der Waals surface area contributed by atoms with Crippen LogP contribution in [0.4, 0.5) is 5.69 Å². The molecule has 25 heavy (non-hydrogen) atoms. The van der Waals surface area contributed by atoms with Gasteiger partial charge in [-0.3, -0.25) is 4.79 Å². The predicted octanol–water partition coefficient (Wildman–Crippen LogP) is 3.02. The van der Waals surface area contributed by atoms with Crippen LogP contribution in [0.5, 0.6) is 0 Å². The van der Waals surface area contributed by atoms with Crippen LogP contribution in [-0.4, -0.2) is 36.1 Å². The number of hydrogen-bond acceptors (Lipinski definition) is 6. The Kier molecular flexibility index (Phi) is 5.63. The van der Waals surface area contributed by atoms with Gasteiger partial charge in [-0.1, -0.05) is 19.9 Å². The Morgan fingerprint density at radius 3 is 2.76 bits per heavy atom. The number of hydrogen-bond donors (Lipinski definition) is 2. The first-order valence-electron chi connectivity index (χ1n) is 8.69. The van der Waals surface area contributed by atoms with Crippen molar-refractivity contribution in [3.05, 3.63) is 46.2 Å². The minimum Gasteiger partial charge on any atom is -0.383 e. The molecule has 0 radical (unpaired) electrons. The standard InChI is InChI=1S/C19H24N4OS/c1-3-23(4-2)11-10-21-15-8-7-13(12-20)18-16(15)17(24)14-6-5-9-22-19(14)25-18/h5-9,21H,3-4,10-12,20H2,1-2H3. The summed E-state index contributed by atoms with van der Waals surface area (Å²) in [6.07, 6.45) is 1.72. The quantitative estimate of drug-likeness (QED) is 0.637. The van der Waals surface area contributed by atoms with Gasteiger partial charge in [-0.2, -0.15) is 0 Å². The molecule has 0 aliphatic rings. The molecule has 0 atom stereocenters. The zero-order chi connectivity index (χ0) is 17.8. The van der Waals surface area contributed by atoms with E-state index in [1.54, 1.807) is 6.20 Å². The summed E-state index contributed by atoms with van der Waals surface area (Å²) in [7, 11) is 0. The third-order valence-corrected chi connectivity index (χ3v) is 5.73. The molecule has 0 spiro atoms. The van der Waals surface area contributed by atoms with E-state index in [-0.39, 0.29) is 5.43 Å². The molecule has 0 bridgehead atoms. The van der Waals surface area contributed by atoms with Crippen molar-refractivity contribution in [2.75, 3.05) is 31.5 Å².